The van der Waals surface area contributed by atoms with E-state index in [1.165, 1.54) is 0 Å². The number of hydrogen-bond donors (Lipinski definition) is 0. The molecule has 0 unspecified atom stereocenters. The van der Waals surface area contributed by atoms with Crippen LogP contribution in [0.4, 0.5) is 0 Å². The Morgan fingerprint density at radius 3 is 2.00 bits per heavy atom. The Bertz CT molecular complexity index is 1760. The molecule has 6 aromatic rings. The first-order valence-corrected chi connectivity index (χ1v) is 13.0. The molecule has 0 N–H and O–H groups in total. The number of ether oxygens (including phenoxy) is 3. The maximum Gasteiger partial charge on any atom is 0.161 e. The van der Waals surface area contributed by atoms with E-state index in [1.807, 2.05) is 59.3 Å². The van der Waals surface area contributed by atoms with E-state index in [0.717, 1.165) is 60.0 Å². The summed E-state index contributed by atoms with van der Waals surface area (Å²) in [5.74, 6) is 2.16. The zero-order chi connectivity index (χ0) is 26.2. The lowest BCUT2D eigenvalue weighted by Crippen LogP contribution is -1.97. The molecule has 1 heterocycles. The van der Waals surface area contributed by atoms with E-state index in [2.05, 4.69) is 58.4 Å². The second-order valence-electron chi connectivity index (χ2n) is 8.91. The molecule has 0 amide bonds. The number of aromatic nitrogens is 2. The van der Waals surface area contributed by atoms with Crippen LogP contribution in [0.5, 0.6) is 17.2 Å². The van der Waals surface area contributed by atoms with Crippen molar-refractivity contribution in [3.05, 3.63) is 102 Å². The van der Waals surface area contributed by atoms with Crippen molar-refractivity contribution in [2.75, 3.05) is 21.3 Å². The van der Waals surface area contributed by atoms with E-state index in [1.54, 1.807) is 21.3 Å². The average Bonchev–Trinajstić information content (AvgIpc) is 3.38. The first-order valence-electron chi connectivity index (χ1n) is 12.2. The van der Waals surface area contributed by atoms with Crippen LogP contribution in [-0.4, -0.2) is 31.1 Å². The van der Waals surface area contributed by atoms with Gasteiger partial charge in [-0.05, 0) is 71.1 Å². The maximum atomic E-state index is 5.71. The van der Waals surface area contributed by atoms with Gasteiger partial charge in [0.1, 0.15) is 11.4 Å². The summed E-state index contributed by atoms with van der Waals surface area (Å²) in [6.45, 7) is 0. The molecule has 0 aliphatic heterocycles. The molecule has 6 heteroatoms. The molecule has 0 fully saturated rings. The lowest BCUT2D eigenvalue weighted by molar-refractivity contribution is 0.356. The Labute approximate surface area is 229 Å². The van der Waals surface area contributed by atoms with Crippen LogP contribution in [0.1, 0.15) is 0 Å². The summed E-state index contributed by atoms with van der Waals surface area (Å²) in [5.41, 5.74) is 6.05. The number of methoxy groups -OCH3 is 3. The Morgan fingerprint density at radius 1 is 0.684 bits per heavy atom. The van der Waals surface area contributed by atoms with Crippen LogP contribution < -0.4 is 14.2 Å². The lowest BCUT2D eigenvalue weighted by atomic mass is 9.93. The normalized spacial score (nSPS) is 11.2. The van der Waals surface area contributed by atoms with Gasteiger partial charge >= 0.3 is 0 Å². The highest BCUT2D eigenvalue weighted by atomic mass is 79.9. The minimum Gasteiger partial charge on any atom is -0.497 e. The molecule has 0 aliphatic rings. The zero-order valence-electron chi connectivity index (χ0n) is 21.2. The van der Waals surface area contributed by atoms with Gasteiger partial charge in [0.25, 0.3) is 0 Å². The van der Waals surface area contributed by atoms with Crippen molar-refractivity contribution in [3.63, 3.8) is 0 Å². The molecule has 0 radical (unpaired) electrons. The average molecular weight is 565 g/mol. The van der Waals surface area contributed by atoms with Crippen molar-refractivity contribution in [1.82, 2.24) is 9.78 Å². The molecule has 0 spiro atoms. The molecule has 0 bridgehead atoms. The van der Waals surface area contributed by atoms with Crippen LogP contribution in [0.15, 0.2) is 102 Å². The van der Waals surface area contributed by atoms with Gasteiger partial charge < -0.3 is 14.2 Å². The van der Waals surface area contributed by atoms with E-state index >= 15 is 0 Å². The summed E-state index contributed by atoms with van der Waals surface area (Å²) in [5, 5.41) is 8.34. The first kappa shape index (κ1) is 24.1. The molecular formula is C32H25BrN2O3. The van der Waals surface area contributed by atoms with Crippen LogP contribution in [0, 0.1) is 0 Å². The summed E-state index contributed by atoms with van der Waals surface area (Å²) in [6.07, 6.45) is 0. The van der Waals surface area contributed by atoms with Crippen LogP contribution in [-0.2, 0) is 0 Å². The quantitative estimate of drug-likeness (QED) is 0.204. The second-order valence-corrected chi connectivity index (χ2v) is 9.82. The van der Waals surface area contributed by atoms with Gasteiger partial charge in [0.05, 0.1) is 32.5 Å². The molecule has 0 saturated heterocycles. The third-order valence-electron chi connectivity index (χ3n) is 6.78. The fourth-order valence-electron chi connectivity index (χ4n) is 4.93. The monoisotopic (exact) mass is 564 g/mol. The lowest BCUT2D eigenvalue weighted by Gasteiger charge is -2.14. The topological polar surface area (TPSA) is 45.5 Å². The standard InChI is InChI=1S/C32H25BrN2O3/c1-36-25-15-11-20(12-16-25)26-17-22-18-28(37-2)29(38-3)19-27(22)32-30(26)31(21-9-13-23(33)14-10-21)34-35(32)24-7-5-4-6-8-24/h4-19H,1-3H3. The number of para-hydroxylation sites is 1. The Balaban J connectivity index is 1.80. The Hall–Kier alpha value is -4.29. The largest absolute Gasteiger partial charge is 0.497 e. The van der Waals surface area contributed by atoms with Crippen molar-refractivity contribution in [2.45, 2.75) is 0 Å². The van der Waals surface area contributed by atoms with Crippen molar-refractivity contribution >= 4 is 37.6 Å². The summed E-state index contributed by atoms with van der Waals surface area (Å²) in [7, 11) is 5.00. The molecule has 0 atom stereocenters. The predicted molar refractivity (Wildman–Crippen MR) is 157 cm³/mol. The highest BCUT2D eigenvalue weighted by Crippen LogP contribution is 2.44. The first-order chi connectivity index (χ1) is 18.6. The number of hydrogen-bond acceptors (Lipinski definition) is 4. The summed E-state index contributed by atoms with van der Waals surface area (Å²) < 4.78 is 19.9. The van der Waals surface area contributed by atoms with E-state index in [4.69, 9.17) is 19.3 Å². The smallest absolute Gasteiger partial charge is 0.161 e. The molecule has 38 heavy (non-hydrogen) atoms. The fraction of sp³-hybridized carbons (Fsp3) is 0.0938. The van der Waals surface area contributed by atoms with Crippen molar-refractivity contribution < 1.29 is 14.2 Å². The van der Waals surface area contributed by atoms with Gasteiger partial charge in [-0.15, -0.1) is 0 Å². The van der Waals surface area contributed by atoms with Gasteiger partial charge in [0.15, 0.2) is 11.5 Å². The molecule has 188 valence electrons. The Kier molecular flexibility index (Phi) is 6.26. The maximum absolute atomic E-state index is 5.71. The summed E-state index contributed by atoms with van der Waals surface area (Å²) in [4.78, 5) is 0. The van der Waals surface area contributed by atoms with Gasteiger partial charge in [-0.1, -0.05) is 58.4 Å². The fourth-order valence-corrected chi connectivity index (χ4v) is 5.20. The minimum atomic E-state index is 0.671. The molecule has 6 rings (SSSR count). The van der Waals surface area contributed by atoms with Gasteiger partial charge in [-0.25, -0.2) is 4.68 Å². The van der Waals surface area contributed by atoms with Crippen LogP contribution >= 0.6 is 15.9 Å². The number of rotatable bonds is 6. The third-order valence-corrected chi connectivity index (χ3v) is 7.31. The van der Waals surface area contributed by atoms with Gasteiger partial charge in [0, 0.05) is 20.8 Å². The van der Waals surface area contributed by atoms with E-state index in [0.29, 0.717) is 11.5 Å². The van der Waals surface area contributed by atoms with E-state index < -0.39 is 0 Å². The molecule has 0 aliphatic carbocycles. The minimum absolute atomic E-state index is 0.671. The molecule has 0 saturated carbocycles. The zero-order valence-corrected chi connectivity index (χ0v) is 22.8. The molecule has 5 nitrogen and oxygen atoms in total. The Morgan fingerprint density at radius 2 is 1.34 bits per heavy atom. The van der Waals surface area contributed by atoms with E-state index in [-0.39, 0.29) is 0 Å². The number of fused-ring (bicyclic) bond motifs is 3. The van der Waals surface area contributed by atoms with Crippen LogP contribution in [0.3, 0.4) is 0 Å². The third kappa shape index (κ3) is 4.07. The summed E-state index contributed by atoms with van der Waals surface area (Å²) in [6, 6.07) is 32.9. The second kappa shape index (κ2) is 9.88. The van der Waals surface area contributed by atoms with Crippen molar-refractivity contribution in [2.24, 2.45) is 0 Å². The van der Waals surface area contributed by atoms with Gasteiger partial charge in [0.2, 0.25) is 0 Å². The SMILES string of the molecule is COc1ccc(-c2cc3cc(OC)c(OC)cc3c3c2c(-c2ccc(Br)cc2)nn3-c2ccccc2)cc1. The van der Waals surface area contributed by atoms with Gasteiger partial charge in [-0.3, -0.25) is 0 Å². The molecule has 5 aromatic carbocycles. The number of nitrogens with zero attached hydrogens (tertiary/aromatic N) is 2. The van der Waals surface area contributed by atoms with Crippen molar-refractivity contribution in [3.8, 4) is 45.3 Å². The van der Waals surface area contributed by atoms with Gasteiger partial charge in [-0.2, -0.15) is 5.10 Å². The highest BCUT2D eigenvalue weighted by molar-refractivity contribution is 9.10. The highest BCUT2D eigenvalue weighted by Gasteiger charge is 2.22. The van der Waals surface area contributed by atoms with Crippen LogP contribution in [0.25, 0.3) is 49.7 Å². The summed E-state index contributed by atoms with van der Waals surface area (Å²) >= 11 is 3.57. The predicted octanol–water partition coefficient (Wildman–Crippen LogP) is 8.30. The van der Waals surface area contributed by atoms with E-state index in [9.17, 15) is 0 Å². The van der Waals surface area contributed by atoms with Crippen LogP contribution in [0.2, 0.25) is 0 Å². The number of halogens is 1. The molecular weight excluding hydrogens is 540 g/mol. The number of benzene rings is 5. The van der Waals surface area contributed by atoms with Crippen molar-refractivity contribution in [1.29, 1.82) is 0 Å². The molecule has 1 aromatic heterocycles.